The Balaban J connectivity index is 1.85. The molecule has 3 rings (SSSR count). The van der Waals surface area contributed by atoms with Gasteiger partial charge >= 0.3 is 0 Å². The Kier molecular flexibility index (Phi) is 2.48. The van der Waals surface area contributed by atoms with Gasteiger partial charge in [0.05, 0.1) is 5.69 Å². The minimum atomic E-state index is 0.115. The lowest BCUT2D eigenvalue weighted by Gasteiger charge is -2.25. The molecular weight excluding hydrogens is 220 g/mol. The molecule has 0 unspecified atom stereocenters. The number of hydrogen-bond acceptors (Lipinski definition) is 3. The second-order valence-corrected chi connectivity index (χ2v) is 5.74. The van der Waals surface area contributed by atoms with Crippen molar-refractivity contribution in [1.82, 2.24) is 9.38 Å². The molecule has 2 aromatic heterocycles. The minimum Gasteiger partial charge on any atom is -0.396 e. The van der Waals surface area contributed by atoms with Crippen molar-refractivity contribution in [3.8, 4) is 0 Å². The Morgan fingerprint density at radius 1 is 1.44 bits per heavy atom. The van der Waals surface area contributed by atoms with Crippen LogP contribution in [0.15, 0.2) is 17.8 Å². The van der Waals surface area contributed by atoms with Crippen molar-refractivity contribution in [2.75, 3.05) is 6.61 Å². The number of fused-ring (bicyclic) bond motifs is 1. The molecule has 0 aliphatic heterocycles. The highest BCUT2D eigenvalue weighted by molar-refractivity contribution is 7.15. The summed E-state index contributed by atoms with van der Waals surface area (Å²) in [6.07, 6.45) is 9.87. The monoisotopic (exact) mass is 236 g/mol. The summed E-state index contributed by atoms with van der Waals surface area (Å²) < 4.78 is 2.07. The summed E-state index contributed by atoms with van der Waals surface area (Å²) in [4.78, 5) is 5.66. The molecule has 2 heterocycles. The van der Waals surface area contributed by atoms with Gasteiger partial charge in [-0.15, -0.1) is 11.3 Å². The fourth-order valence-corrected chi connectivity index (χ4v) is 3.48. The molecule has 1 saturated carbocycles. The maximum Gasteiger partial charge on any atom is 0.193 e. The van der Waals surface area contributed by atoms with Crippen LogP contribution in [0.1, 0.15) is 31.4 Å². The van der Waals surface area contributed by atoms with Crippen molar-refractivity contribution >= 4 is 16.3 Å². The molecule has 0 bridgehead atoms. The molecule has 3 nitrogen and oxygen atoms in total. The first-order valence-electron chi connectivity index (χ1n) is 5.83. The molecular formula is C12H16N2OS. The van der Waals surface area contributed by atoms with Gasteiger partial charge in [-0.1, -0.05) is 12.8 Å². The number of aromatic nitrogens is 2. The smallest absolute Gasteiger partial charge is 0.193 e. The Labute approximate surface area is 98.8 Å². The highest BCUT2D eigenvalue weighted by Crippen LogP contribution is 2.40. The topological polar surface area (TPSA) is 37.5 Å². The van der Waals surface area contributed by atoms with Crippen LogP contribution in [0, 0.1) is 5.41 Å². The predicted molar refractivity (Wildman–Crippen MR) is 64.8 cm³/mol. The lowest BCUT2D eigenvalue weighted by atomic mass is 9.82. The fraction of sp³-hybridized carbons (Fsp3) is 0.583. The van der Waals surface area contributed by atoms with Gasteiger partial charge in [0, 0.05) is 24.4 Å². The second-order valence-electron chi connectivity index (χ2n) is 4.87. The normalized spacial score (nSPS) is 19.6. The van der Waals surface area contributed by atoms with E-state index in [1.807, 2.05) is 11.6 Å². The van der Waals surface area contributed by atoms with Crippen LogP contribution in [0.25, 0.3) is 4.96 Å². The van der Waals surface area contributed by atoms with E-state index in [1.54, 1.807) is 11.3 Å². The Bertz CT molecular complexity index is 453. The molecule has 86 valence electrons. The number of hydrogen-bond donors (Lipinski definition) is 1. The summed E-state index contributed by atoms with van der Waals surface area (Å²) in [5.74, 6) is 0. The van der Waals surface area contributed by atoms with Gasteiger partial charge in [0.2, 0.25) is 0 Å². The molecule has 0 spiro atoms. The predicted octanol–water partition coefficient (Wildman–Crippen LogP) is 2.49. The zero-order valence-electron chi connectivity index (χ0n) is 9.22. The number of imidazole rings is 1. The summed E-state index contributed by atoms with van der Waals surface area (Å²) in [5.41, 5.74) is 1.24. The second kappa shape index (κ2) is 3.86. The summed E-state index contributed by atoms with van der Waals surface area (Å²) in [7, 11) is 0. The van der Waals surface area contributed by atoms with Crippen LogP contribution < -0.4 is 0 Å². The first kappa shape index (κ1) is 10.3. The van der Waals surface area contributed by atoms with E-state index in [9.17, 15) is 5.11 Å². The molecule has 0 atom stereocenters. The van der Waals surface area contributed by atoms with Gasteiger partial charge in [0.25, 0.3) is 0 Å². The highest BCUT2D eigenvalue weighted by atomic mass is 32.1. The van der Waals surface area contributed by atoms with E-state index < -0.39 is 0 Å². The zero-order valence-corrected chi connectivity index (χ0v) is 10.0. The first-order chi connectivity index (χ1) is 7.81. The van der Waals surface area contributed by atoms with E-state index in [0.717, 1.165) is 29.9 Å². The van der Waals surface area contributed by atoms with E-state index >= 15 is 0 Å². The lowest BCUT2D eigenvalue weighted by molar-refractivity contribution is 0.129. The van der Waals surface area contributed by atoms with Crippen molar-refractivity contribution in [3.63, 3.8) is 0 Å². The van der Waals surface area contributed by atoms with Crippen LogP contribution in [0.3, 0.4) is 0 Å². The summed E-state index contributed by atoms with van der Waals surface area (Å²) >= 11 is 1.66. The highest BCUT2D eigenvalue weighted by Gasteiger charge is 2.34. The molecule has 0 saturated heterocycles. The summed E-state index contributed by atoms with van der Waals surface area (Å²) in [6.45, 7) is 0.304. The van der Waals surface area contributed by atoms with Gasteiger partial charge in [-0.25, -0.2) is 4.98 Å². The standard InChI is InChI=1S/C12H16N2OS/c15-9-12(3-1-2-4-12)7-10-8-14-5-6-16-11(14)13-10/h5-6,8,15H,1-4,7,9H2. The Hall–Kier alpha value is -0.870. The maximum atomic E-state index is 9.57. The third-order valence-electron chi connectivity index (χ3n) is 3.70. The first-order valence-corrected chi connectivity index (χ1v) is 6.71. The van der Waals surface area contributed by atoms with Crippen molar-refractivity contribution < 1.29 is 5.11 Å². The Morgan fingerprint density at radius 3 is 2.94 bits per heavy atom. The largest absolute Gasteiger partial charge is 0.396 e. The number of nitrogens with zero attached hydrogens (tertiary/aromatic N) is 2. The maximum absolute atomic E-state index is 9.57. The van der Waals surface area contributed by atoms with Gasteiger partial charge in [-0.05, 0) is 24.7 Å². The molecule has 0 amide bonds. The summed E-state index contributed by atoms with van der Waals surface area (Å²) in [5, 5.41) is 11.6. The zero-order chi connectivity index (χ0) is 11.0. The van der Waals surface area contributed by atoms with Gasteiger partial charge in [-0.2, -0.15) is 0 Å². The number of aliphatic hydroxyl groups is 1. The average molecular weight is 236 g/mol. The van der Waals surface area contributed by atoms with Crippen LogP contribution in [0.2, 0.25) is 0 Å². The van der Waals surface area contributed by atoms with Crippen molar-refractivity contribution in [2.24, 2.45) is 5.41 Å². The number of aliphatic hydroxyl groups excluding tert-OH is 1. The van der Waals surface area contributed by atoms with E-state index in [0.29, 0.717) is 6.61 Å². The van der Waals surface area contributed by atoms with Crippen molar-refractivity contribution in [1.29, 1.82) is 0 Å². The lowest BCUT2D eigenvalue weighted by Crippen LogP contribution is -2.24. The Morgan fingerprint density at radius 2 is 2.25 bits per heavy atom. The van der Waals surface area contributed by atoms with Gasteiger partial charge < -0.3 is 5.11 Å². The quantitative estimate of drug-likeness (QED) is 0.889. The SMILES string of the molecule is OCC1(Cc2cn3ccsc3n2)CCCC1. The molecule has 1 aliphatic carbocycles. The molecule has 1 N–H and O–H groups in total. The van der Waals surface area contributed by atoms with E-state index in [4.69, 9.17) is 0 Å². The van der Waals surface area contributed by atoms with Crippen LogP contribution in [0.5, 0.6) is 0 Å². The molecule has 1 fully saturated rings. The van der Waals surface area contributed by atoms with Gasteiger partial charge in [0.15, 0.2) is 4.96 Å². The molecule has 16 heavy (non-hydrogen) atoms. The van der Waals surface area contributed by atoms with E-state index in [1.165, 1.54) is 12.8 Å². The molecule has 0 aromatic carbocycles. The minimum absolute atomic E-state index is 0.115. The van der Waals surface area contributed by atoms with Crippen LogP contribution in [-0.4, -0.2) is 21.1 Å². The number of thiazole rings is 1. The third kappa shape index (κ3) is 1.66. The third-order valence-corrected chi connectivity index (χ3v) is 4.47. The van der Waals surface area contributed by atoms with Crippen molar-refractivity contribution in [2.45, 2.75) is 32.1 Å². The average Bonchev–Trinajstić information content (AvgIpc) is 2.93. The molecule has 2 aromatic rings. The number of rotatable bonds is 3. The van der Waals surface area contributed by atoms with Crippen LogP contribution in [-0.2, 0) is 6.42 Å². The molecule has 4 heteroatoms. The van der Waals surface area contributed by atoms with Gasteiger partial charge in [-0.3, -0.25) is 4.40 Å². The summed E-state index contributed by atoms with van der Waals surface area (Å²) in [6, 6.07) is 0. The van der Waals surface area contributed by atoms with Crippen molar-refractivity contribution in [3.05, 3.63) is 23.5 Å². The van der Waals surface area contributed by atoms with Crippen LogP contribution >= 0.6 is 11.3 Å². The fourth-order valence-electron chi connectivity index (χ4n) is 2.76. The molecule has 0 radical (unpaired) electrons. The van der Waals surface area contributed by atoms with E-state index in [2.05, 4.69) is 15.6 Å². The van der Waals surface area contributed by atoms with E-state index in [-0.39, 0.29) is 5.41 Å². The van der Waals surface area contributed by atoms with Gasteiger partial charge in [0.1, 0.15) is 0 Å². The van der Waals surface area contributed by atoms with Crippen LogP contribution in [0.4, 0.5) is 0 Å². The molecule has 1 aliphatic rings.